The van der Waals surface area contributed by atoms with E-state index in [0.29, 0.717) is 28.4 Å². The van der Waals surface area contributed by atoms with Gasteiger partial charge in [0, 0.05) is 37.8 Å². The van der Waals surface area contributed by atoms with Gasteiger partial charge in [-0.1, -0.05) is 42.7 Å². The molecule has 0 bridgehead atoms. The van der Waals surface area contributed by atoms with E-state index < -0.39 is 0 Å². The van der Waals surface area contributed by atoms with Crippen LogP contribution in [0.2, 0.25) is 5.02 Å². The quantitative estimate of drug-likeness (QED) is 0.616. The highest BCUT2D eigenvalue weighted by molar-refractivity contribution is 6.33. The maximum absolute atomic E-state index is 6.73. The number of benzene rings is 1. The van der Waals surface area contributed by atoms with Gasteiger partial charge < -0.3 is 19.9 Å². The van der Waals surface area contributed by atoms with Crippen LogP contribution in [-0.4, -0.2) is 60.5 Å². The first-order valence-electron chi connectivity index (χ1n) is 12.0. The SMILES string of the molecule is CCCC1=CC(Nc2cc(Oc3ccc4c(c3Cl)C=C(C)C4)nc(N3CCN(C)CC3)n2)=NC1. The minimum Gasteiger partial charge on any atom is -0.437 e. The molecule has 1 aliphatic carbocycles. The third-order valence-corrected chi connectivity index (χ3v) is 6.80. The number of nitrogens with zero attached hydrogens (tertiary/aromatic N) is 5. The lowest BCUT2D eigenvalue weighted by atomic mass is 10.1. The number of ether oxygens (including phenoxy) is 1. The van der Waals surface area contributed by atoms with Gasteiger partial charge in [-0.05, 0) is 50.1 Å². The van der Waals surface area contributed by atoms with Crippen molar-refractivity contribution in [1.29, 1.82) is 0 Å². The molecule has 7 nitrogen and oxygen atoms in total. The number of amidine groups is 1. The van der Waals surface area contributed by atoms with Crippen LogP contribution < -0.4 is 15.0 Å². The molecule has 0 saturated carbocycles. The molecule has 178 valence electrons. The highest BCUT2D eigenvalue weighted by Crippen LogP contribution is 2.39. The highest BCUT2D eigenvalue weighted by atomic mass is 35.5. The van der Waals surface area contributed by atoms with Crippen LogP contribution in [0.1, 0.15) is 37.8 Å². The molecule has 2 aliphatic heterocycles. The largest absolute Gasteiger partial charge is 0.437 e. The Labute approximate surface area is 206 Å². The van der Waals surface area contributed by atoms with E-state index in [2.05, 4.69) is 59.2 Å². The van der Waals surface area contributed by atoms with Crippen LogP contribution in [0.5, 0.6) is 11.6 Å². The molecule has 3 heterocycles. The predicted molar refractivity (Wildman–Crippen MR) is 140 cm³/mol. The summed E-state index contributed by atoms with van der Waals surface area (Å²) in [7, 11) is 2.13. The number of aliphatic imine (C=N–C) groups is 1. The van der Waals surface area contributed by atoms with Crippen LogP contribution in [0, 0.1) is 0 Å². The molecule has 1 fully saturated rings. The summed E-state index contributed by atoms with van der Waals surface area (Å²) in [6.07, 6.45) is 7.35. The number of nitrogens with one attached hydrogen (secondary N) is 1. The van der Waals surface area contributed by atoms with Gasteiger partial charge in [0.15, 0.2) is 0 Å². The molecule has 0 radical (unpaired) electrons. The number of piperazine rings is 1. The Kier molecular flexibility index (Phi) is 6.57. The summed E-state index contributed by atoms with van der Waals surface area (Å²) in [5.41, 5.74) is 4.90. The third kappa shape index (κ3) is 4.95. The van der Waals surface area contributed by atoms with E-state index in [0.717, 1.165) is 63.4 Å². The summed E-state index contributed by atoms with van der Waals surface area (Å²) in [6.45, 7) is 8.71. The first kappa shape index (κ1) is 22.9. The molecule has 0 atom stereocenters. The van der Waals surface area contributed by atoms with Crippen molar-refractivity contribution in [2.75, 3.05) is 50.0 Å². The minimum atomic E-state index is 0.461. The van der Waals surface area contributed by atoms with Crippen molar-refractivity contribution in [3.63, 3.8) is 0 Å². The Morgan fingerprint density at radius 1 is 1.12 bits per heavy atom. The second-order valence-corrected chi connectivity index (χ2v) is 9.66. The first-order valence-corrected chi connectivity index (χ1v) is 12.4. The zero-order chi connectivity index (χ0) is 23.7. The Hall–Kier alpha value is -2.90. The number of allylic oxidation sites excluding steroid dienone is 1. The van der Waals surface area contributed by atoms with Gasteiger partial charge in [-0.2, -0.15) is 9.97 Å². The average Bonchev–Trinajstić information content (AvgIpc) is 3.42. The second-order valence-electron chi connectivity index (χ2n) is 9.28. The first-order chi connectivity index (χ1) is 16.5. The van der Waals surface area contributed by atoms with Gasteiger partial charge in [0.05, 0.1) is 11.6 Å². The number of rotatable bonds is 6. The van der Waals surface area contributed by atoms with E-state index in [-0.39, 0.29) is 0 Å². The molecule has 0 amide bonds. The molecule has 1 N–H and O–H groups in total. The van der Waals surface area contributed by atoms with Gasteiger partial charge in [0.25, 0.3) is 0 Å². The smallest absolute Gasteiger partial charge is 0.230 e. The van der Waals surface area contributed by atoms with Crippen LogP contribution in [0.3, 0.4) is 0 Å². The van der Waals surface area contributed by atoms with E-state index in [9.17, 15) is 0 Å². The molecule has 1 aromatic carbocycles. The van der Waals surface area contributed by atoms with E-state index >= 15 is 0 Å². The van der Waals surface area contributed by atoms with Crippen LogP contribution in [0.4, 0.5) is 11.8 Å². The molecule has 3 aliphatic rings. The Balaban J connectivity index is 1.44. The summed E-state index contributed by atoms with van der Waals surface area (Å²) >= 11 is 6.73. The molecule has 0 unspecified atom stereocenters. The molecule has 8 heteroatoms. The molecular weight excluding hydrogens is 448 g/mol. The van der Waals surface area contributed by atoms with Crippen molar-refractivity contribution in [3.05, 3.63) is 51.6 Å². The van der Waals surface area contributed by atoms with Crippen molar-refractivity contribution in [2.24, 2.45) is 4.99 Å². The maximum Gasteiger partial charge on any atom is 0.230 e. The van der Waals surface area contributed by atoms with Gasteiger partial charge in [0.2, 0.25) is 11.8 Å². The van der Waals surface area contributed by atoms with Gasteiger partial charge in [0.1, 0.15) is 17.4 Å². The number of halogens is 1. The lowest BCUT2D eigenvalue weighted by Gasteiger charge is -2.32. The van der Waals surface area contributed by atoms with E-state index in [4.69, 9.17) is 26.3 Å². The topological polar surface area (TPSA) is 65.9 Å². The summed E-state index contributed by atoms with van der Waals surface area (Å²) in [5.74, 6) is 3.21. The summed E-state index contributed by atoms with van der Waals surface area (Å²) in [5, 5.41) is 3.99. The normalized spacial score (nSPS) is 17.9. The standard InChI is InChI=1S/C26H31ClN6O/c1-4-5-18-14-22(28-16-18)29-23-15-24(31-26(30-23)33-10-8-32(3)9-11-33)34-21-7-6-19-12-17(2)13-20(19)25(21)27/h6-7,13-15H,4-5,8-12,16H2,1-3H3,(H,28,29,30,31). The van der Waals surface area contributed by atoms with Crippen molar-refractivity contribution in [1.82, 2.24) is 14.9 Å². The van der Waals surface area contributed by atoms with E-state index in [1.807, 2.05) is 12.1 Å². The maximum atomic E-state index is 6.73. The monoisotopic (exact) mass is 478 g/mol. The van der Waals surface area contributed by atoms with E-state index in [1.165, 1.54) is 16.7 Å². The van der Waals surface area contributed by atoms with Gasteiger partial charge in [-0.3, -0.25) is 4.99 Å². The fourth-order valence-electron chi connectivity index (χ4n) is 4.54. The lowest BCUT2D eigenvalue weighted by Crippen LogP contribution is -2.45. The summed E-state index contributed by atoms with van der Waals surface area (Å²) < 4.78 is 6.24. The van der Waals surface area contributed by atoms with E-state index in [1.54, 1.807) is 0 Å². The fourth-order valence-corrected chi connectivity index (χ4v) is 4.82. The molecule has 1 aromatic heterocycles. The van der Waals surface area contributed by atoms with Crippen molar-refractivity contribution in [3.8, 4) is 11.6 Å². The minimum absolute atomic E-state index is 0.461. The van der Waals surface area contributed by atoms with Crippen molar-refractivity contribution < 1.29 is 4.74 Å². The van der Waals surface area contributed by atoms with Crippen LogP contribution >= 0.6 is 11.6 Å². The van der Waals surface area contributed by atoms with Crippen molar-refractivity contribution in [2.45, 2.75) is 33.1 Å². The summed E-state index contributed by atoms with van der Waals surface area (Å²) in [4.78, 5) is 18.7. The molecule has 34 heavy (non-hydrogen) atoms. The number of hydrogen-bond donors (Lipinski definition) is 1. The number of likely N-dealkylation sites (N-methyl/N-ethyl adjacent to an activating group) is 1. The zero-order valence-electron chi connectivity index (χ0n) is 20.1. The molecule has 2 aromatic rings. The van der Waals surface area contributed by atoms with Gasteiger partial charge in [-0.15, -0.1) is 0 Å². The molecular formula is C26H31ClN6O. The zero-order valence-corrected chi connectivity index (χ0v) is 20.8. The predicted octanol–water partition coefficient (Wildman–Crippen LogP) is 5.18. The number of anilines is 2. The van der Waals surface area contributed by atoms with Gasteiger partial charge in [-0.25, -0.2) is 0 Å². The van der Waals surface area contributed by atoms with Crippen molar-refractivity contribution >= 4 is 35.3 Å². The number of fused-ring (bicyclic) bond motifs is 1. The van der Waals surface area contributed by atoms with Crippen LogP contribution in [0.25, 0.3) is 6.08 Å². The lowest BCUT2D eigenvalue weighted by molar-refractivity contribution is 0.310. The molecule has 5 rings (SSSR count). The number of hydrogen-bond acceptors (Lipinski definition) is 7. The molecule has 1 saturated heterocycles. The van der Waals surface area contributed by atoms with Crippen LogP contribution in [-0.2, 0) is 6.42 Å². The highest BCUT2D eigenvalue weighted by Gasteiger charge is 2.21. The average molecular weight is 479 g/mol. The van der Waals surface area contributed by atoms with Crippen LogP contribution in [0.15, 0.2) is 40.4 Å². The second kappa shape index (κ2) is 9.76. The van der Waals surface area contributed by atoms with Gasteiger partial charge >= 0.3 is 0 Å². The number of aromatic nitrogens is 2. The third-order valence-electron chi connectivity index (χ3n) is 6.41. The Bertz CT molecular complexity index is 1180. The summed E-state index contributed by atoms with van der Waals surface area (Å²) in [6, 6.07) is 5.83. The Morgan fingerprint density at radius 3 is 2.74 bits per heavy atom. The molecule has 0 spiro atoms. The fraction of sp³-hybridized carbons (Fsp3) is 0.423. The Morgan fingerprint density at radius 2 is 1.94 bits per heavy atom.